The fourth-order valence-electron chi connectivity index (χ4n) is 2.62. The zero-order chi connectivity index (χ0) is 15.5. The first-order chi connectivity index (χ1) is 10.6. The van der Waals surface area contributed by atoms with E-state index in [-0.39, 0.29) is 12.0 Å². The summed E-state index contributed by atoms with van der Waals surface area (Å²) in [6.45, 7) is 3.58. The summed E-state index contributed by atoms with van der Waals surface area (Å²) in [6.07, 6.45) is 0.238. The molecule has 1 aliphatic rings. The van der Waals surface area contributed by atoms with Crippen molar-refractivity contribution >= 4 is 22.9 Å². The predicted molar refractivity (Wildman–Crippen MR) is 86.7 cm³/mol. The Labute approximate surface area is 133 Å². The number of nitrogens with two attached hydrogens (primary N) is 1. The van der Waals surface area contributed by atoms with Crippen LogP contribution in [0.25, 0.3) is 0 Å². The molecule has 0 saturated carbocycles. The lowest BCUT2D eigenvalue weighted by Gasteiger charge is -2.33. The van der Waals surface area contributed by atoms with E-state index < -0.39 is 0 Å². The molecule has 3 heterocycles. The molecule has 1 fully saturated rings. The number of aryl methyl sites for hydroxylation is 1. The van der Waals surface area contributed by atoms with E-state index in [4.69, 9.17) is 10.5 Å². The zero-order valence-corrected chi connectivity index (χ0v) is 13.3. The van der Waals surface area contributed by atoms with Gasteiger partial charge in [0.1, 0.15) is 6.10 Å². The second-order valence-corrected chi connectivity index (χ2v) is 6.25. The van der Waals surface area contributed by atoms with Crippen LogP contribution in [-0.4, -0.2) is 35.5 Å². The Hall–Kier alpha value is -1.92. The second kappa shape index (κ2) is 6.46. The largest absolute Gasteiger partial charge is 0.399 e. The highest BCUT2D eigenvalue weighted by Gasteiger charge is 2.26. The Kier molecular flexibility index (Phi) is 4.40. The van der Waals surface area contributed by atoms with Gasteiger partial charge in [-0.2, -0.15) is 11.3 Å². The molecule has 5 nitrogen and oxygen atoms in total. The summed E-state index contributed by atoms with van der Waals surface area (Å²) in [5.41, 5.74) is 9.27. The molecule has 0 bridgehead atoms. The van der Waals surface area contributed by atoms with Gasteiger partial charge >= 0.3 is 0 Å². The zero-order valence-electron chi connectivity index (χ0n) is 12.5. The minimum atomic E-state index is -0.206. The molecule has 0 unspecified atom stereocenters. The average Bonchev–Trinajstić information content (AvgIpc) is 2.99. The maximum atomic E-state index is 12.4. The number of morpholine rings is 1. The van der Waals surface area contributed by atoms with Gasteiger partial charge < -0.3 is 15.4 Å². The topological polar surface area (TPSA) is 68.5 Å². The molecule has 2 aromatic heterocycles. The maximum Gasteiger partial charge on any atom is 0.227 e. The third kappa shape index (κ3) is 3.45. The van der Waals surface area contributed by atoms with E-state index in [1.807, 2.05) is 40.8 Å². The molecule has 1 aliphatic heterocycles. The molecule has 3 rings (SSSR count). The van der Waals surface area contributed by atoms with Crippen molar-refractivity contribution in [3.8, 4) is 0 Å². The first kappa shape index (κ1) is 15.0. The molecule has 1 atom stereocenters. The van der Waals surface area contributed by atoms with Crippen LogP contribution in [-0.2, 0) is 16.0 Å². The predicted octanol–water partition coefficient (Wildman–Crippen LogP) is 2.18. The number of pyridine rings is 1. The number of thiophene rings is 1. The number of carbonyl (C=O) groups is 1. The lowest BCUT2D eigenvalue weighted by atomic mass is 10.1. The summed E-state index contributed by atoms with van der Waals surface area (Å²) in [4.78, 5) is 18.7. The van der Waals surface area contributed by atoms with Crippen molar-refractivity contribution in [2.75, 3.05) is 25.4 Å². The maximum absolute atomic E-state index is 12.4. The lowest BCUT2D eigenvalue weighted by molar-refractivity contribution is -0.138. The molecular formula is C16H19N3O2S. The van der Waals surface area contributed by atoms with Crippen molar-refractivity contribution in [3.63, 3.8) is 0 Å². The summed E-state index contributed by atoms with van der Waals surface area (Å²) in [5, 5.41) is 4.00. The summed E-state index contributed by atoms with van der Waals surface area (Å²) < 4.78 is 5.78. The van der Waals surface area contributed by atoms with Gasteiger partial charge in [0.25, 0.3) is 0 Å². The smallest absolute Gasteiger partial charge is 0.227 e. The number of aromatic nitrogens is 1. The molecule has 0 aromatic carbocycles. The molecule has 0 spiro atoms. The molecule has 0 radical (unpaired) electrons. The molecule has 1 saturated heterocycles. The Balaban J connectivity index is 1.69. The van der Waals surface area contributed by atoms with Crippen molar-refractivity contribution in [2.24, 2.45) is 0 Å². The SMILES string of the molecule is Cc1cc(N)cc([C@@H]2CN(C(=O)Cc3ccsc3)CCO2)n1. The number of carbonyl (C=O) groups excluding carboxylic acids is 1. The molecule has 22 heavy (non-hydrogen) atoms. The van der Waals surface area contributed by atoms with Gasteiger partial charge in [0.15, 0.2) is 0 Å². The summed E-state index contributed by atoms with van der Waals surface area (Å²) >= 11 is 1.61. The van der Waals surface area contributed by atoms with Gasteiger partial charge in [-0.05, 0) is 41.4 Å². The number of hydrogen-bond donors (Lipinski definition) is 1. The number of nitrogen functional groups attached to an aromatic ring is 1. The summed E-state index contributed by atoms with van der Waals surface area (Å²) in [7, 11) is 0. The first-order valence-electron chi connectivity index (χ1n) is 7.26. The van der Waals surface area contributed by atoms with Gasteiger partial charge in [0, 0.05) is 17.9 Å². The van der Waals surface area contributed by atoms with Crippen molar-refractivity contribution in [1.29, 1.82) is 0 Å². The van der Waals surface area contributed by atoms with E-state index in [1.165, 1.54) is 0 Å². The van der Waals surface area contributed by atoms with E-state index in [2.05, 4.69) is 4.98 Å². The van der Waals surface area contributed by atoms with Crippen molar-refractivity contribution in [2.45, 2.75) is 19.4 Å². The summed E-state index contributed by atoms with van der Waals surface area (Å²) in [5.74, 6) is 0.132. The Morgan fingerprint density at radius 3 is 3.14 bits per heavy atom. The molecule has 0 aliphatic carbocycles. The standard InChI is InChI=1S/C16H19N3O2S/c1-11-6-13(17)8-14(18-11)15-9-19(3-4-21-15)16(20)7-12-2-5-22-10-12/h2,5-6,8,10,15H,3-4,7,9H2,1H3,(H2,17,18)/t15-/m0/s1. The average molecular weight is 317 g/mol. The molecular weight excluding hydrogens is 298 g/mol. The van der Waals surface area contributed by atoms with E-state index in [0.29, 0.717) is 31.8 Å². The van der Waals surface area contributed by atoms with Crippen molar-refractivity contribution in [1.82, 2.24) is 9.88 Å². The minimum absolute atomic E-state index is 0.132. The van der Waals surface area contributed by atoms with Crippen LogP contribution < -0.4 is 5.73 Å². The van der Waals surface area contributed by atoms with Gasteiger partial charge in [0.05, 0.1) is 25.3 Å². The fourth-order valence-corrected chi connectivity index (χ4v) is 3.29. The first-order valence-corrected chi connectivity index (χ1v) is 8.20. The quantitative estimate of drug-likeness (QED) is 0.942. The van der Waals surface area contributed by atoms with Crippen molar-refractivity contribution in [3.05, 3.63) is 45.9 Å². The molecule has 2 N–H and O–H groups in total. The van der Waals surface area contributed by atoms with Gasteiger partial charge in [-0.3, -0.25) is 9.78 Å². The fraction of sp³-hybridized carbons (Fsp3) is 0.375. The van der Waals surface area contributed by atoms with Crippen molar-refractivity contribution < 1.29 is 9.53 Å². The molecule has 6 heteroatoms. The highest BCUT2D eigenvalue weighted by molar-refractivity contribution is 7.07. The van der Waals surface area contributed by atoms with Crippen LogP contribution in [0.3, 0.4) is 0 Å². The van der Waals surface area contributed by atoms with E-state index >= 15 is 0 Å². The number of ether oxygens (including phenoxy) is 1. The highest BCUT2D eigenvalue weighted by atomic mass is 32.1. The second-order valence-electron chi connectivity index (χ2n) is 5.47. The highest BCUT2D eigenvalue weighted by Crippen LogP contribution is 2.23. The third-order valence-corrected chi connectivity index (χ3v) is 4.41. The van der Waals surface area contributed by atoms with Crippen LogP contribution in [0.2, 0.25) is 0 Å². The van der Waals surface area contributed by atoms with Crippen LogP contribution in [0, 0.1) is 6.92 Å². The van der Waals surface area contributed by atoms with Crippen LogP contribution >= 0.6 is 11.3 Å². The van der Waals surface area contributed by atoms with Gasteiger partial charge in [-0.15, -0.1) is 0 Å². The van der Waals surface area contributed by atoms with Crippen LogP contribution in [0.1, 0.15) is 23.1 Å². The van der Waals surface area contributed by atoms with Gasteiger partial charge in [-0.1, -0.05) is 0 Å². The Bertz CT molecular complexity index is 637. The van der Waals surface area contributed by atoms with E-state index in [9.17, 15) is 4.79 Å². The molecule has 1 amide bonds. The Morgan fingerprint density at radius 2 is 2.41 bits per heavy atom. The van der Waals surface area contributed by atoms with Crippen LogP contribution in [0.5, 0.6) is 0 Å². The third-order valence-electron chi connectivity index (χ3n) is 3.68. The molecule has 2 aromatic rings. The minimum Gasteiger partial charge on any atom is -0.399 e. The van der Waals surface area contributed by atoms with Crippen LogP contribution in [0.4, 0.5) is 5.69 Å². The lowest BCUT2D eigenvalue weighted by Crippen LogP contribution is -2.43. The van der Waals surface area contributed by atoms with E-state index in [1.54, 1.807) is 11.3 Å². The number of nitrogens with zero attached hydrogens (tertiary/aromatic N) is 2. The summed E-state index contributed by atoms with van der Waals surface area (Å²) in [6, 6.07) is 5.64. The number of hydrogen-bond acceptors (Lipinski definition) is 5. The monoisotopic (exact) mass is 317 g/mol. The molecule has 116 valence electrons. The van der Waals surface area contributed by atoms with E-state index in [0.717, 1.165) is 17.0 Å². The Morgan fingerprint density at radius 1 is 1.55 bits per heavy atom. The van der Waals surface area contributed by atoms with Crippen LogP contribution in [0.15, 0.2) is 29.0 Å². The number of anilines is 1. The van der Waals surface area contributed by atoms with Gasteiger partial charge in [0.2, 0.25) is 5.91 Å². The van der Waals surface area contributed by atoms with Gasteiger partial charge in [-0.25, -0.2) is 0 Å². The number of amides is 1. The number of rotatable bonds is 3. The normalized spacial score (nSPS) is 18.4.